The van der Waals surface area contributed by atoms with Gasteiger partial charge in [0.15, 0.2) is 11.5 Å². The largest absolute Gasteiger partial charge is 0.481 e. The Morgan fingerprint density at radius 1 is 1.16 bits per heavy atom. The van der Waals surface area contributed by atoms with Crippen LogP contribution in [0.3, 0.4) is 0 Å². The van der Waals surface area contributed by atoms with Crippen LogP contribution in [0.4, 0.5) is 24.5 Å². The molecule has 12 heteroatoms. The first-order valence-electron chi connectivity index (χ1n) is 8.91. The second kappa shape index (κ2) is 10.9. The van der Waals surface area contributed by atoms with E-state index in [1.165, 1.54) is 6.20 Å². The summed E-state index contributed by atoms with van der Waals surface area (Å²) in [7, 11) is 0. The van der Waals surface area contributed by atoms with Gasteiger partial charge in [-0.2, -0.15) is 4.37 Å². The van der Waals surface area contributed by atoms with Crippen molar-refractivity contribution in [2.45, 2.75) is 12.8 Å². The zero-order valence-electron chi connectivity index (χ0n) is 16.0. The number of hydrogen-bond donors (Lipinski definition) is 3. The number of carbonyl (C=O) groups excluding carboxylic acids is 1. The number of aromatic nitrogens is 2. The predicted octanol–water partition coefficient (Wildman–Crippen LogP) is 4.00. The fourth-order valence-corrected chi connectivity index (χ4v) is 3.19. The van der Waals surface area contributed by atoms with Gasteiger partial charge in [0.2, 0.25) is 5.06 Å². The maximum Gasteiger partial charge on any atom is 0.276 e. The Hall–Kier alpha value is -2.89. The first-order valence-corrected chi connectivity index (χ1v) is 9.69. The molecule has 0 aliphatic rings. The van der Waals surface area contributed by atoms with E-state index in [4.69, 9.17) is 16.2 Å². The van der Waals surface area contributed by atoms with Gasteiger partial charge in [-0.15, -0.1) is 12.4 Å². The van der Waals surface area contributed by atoms with Gasteiger partial charge in [-0.1, -0.05) is 6.07 Å². The number of nitrogen functional groups attached to an aromatic ring is 1. The highest BCUT2D eigenvalue weighted by Gasteiger charge is 2.23. The fourth-order valence-electron chi connectivity index (χ4n) is 2.59. The molecule has 2 aromatic heterocycles. The van der Waals surface area contributed by atoms with Gasteiger partial charge in [-0.25, -0.2) is 18.2 Å². The summed E-state index contributed by atoms with van der Waals surface area (Å²) in [6.07, 6.45) is 2.88. The third-order valence-corrected chi connectivity index (χ3v) is 4.75. The van der Waals surface area contributed by atoms with E-state index in [0.717, 1.165) is 48.6 Å². The molecule has 0 saturated heterocycles. The highest BCUT2D eigenvalue weighted by molar-refractivity contribution is 7.08. The van der Waals surface area contributed by atoms with Crippen LogP contribution in [-0.2, 0) is 0 Å². The van der Waals surface area contributed by atoms with Gasteiger partial charge in [0, 0.05) is 17.6 Å². The molecule has 2 heterocycles. The van der Waals surface area contributed by atoms with Crippen LogP contribution in [0, 0.1) is 17.5 Å². The Bertz CT molecular complexity index is 1050. The number of carbonyl (C=O) groups is 1. The van der Waals surface area contributed by atoms with Crippen LogP contribution in [0.15, 0.2) is 30.5 Å². The lowest BCUT2D eigenvalue weighted by atomic mass is 10.1. The van der Waals surface area contributed by atoms with E-state index in [1.807, 2.05) is 0 Å². The molecule has 1 aromatic carbocycles. The van der Waals surface area contributed by atoms with E-state index in [2.05, 4.69) is 14.7 Å². The number of nitrogens with one attached hydrogen (secondary N) is 1. The van der Waals surface area contributed by atoms with E-state index < -0.39 is 40.3 Å². The molecule has 0 radical (unpaired) electrons. The molecule has 5 N–H and O–H groups in total. The number of rotatable bonds is 8. The zero-order valence-corrected chi connectivity index (χ0v) is 17.7. The van der Waals surface area contributed by atoms with Crippen LogP contribution in [0.5, 0.6) is 5.06 Å². The number of nitrogens with zero attached hydrogens (tertiary/aromatic N) is 2. The average molecular weight is 474 g/mol. The van der Waals surface area contributed by atoms with Crippen molar-refractivity contribution < 1.29 is 22.7 Å². The molecule has 3 rings (SSSR count). The lowest BCUT2D eigenvalue weighted by Crippen LogP contribution is -2.17. The van der Waals surface area contributed by atoms with Crippen LogP contribution < -0.4 is 21.5 Å². The van der Waals surface area contributed by atoms with Gasteiger partial charge in [-0.3, -0.25) is 4.79 Å². The van der Waals surface area contributed by atoms with E-state index in [9.17, 15) is 18.0 Å². The van der Waals surface area contributed by atoms with Crippen LogP contribution in [0.1, 0.15) is 23.3 Å². The van der Waals surface area contributed by atoms with Crippen LogP contribution in [0.2, 0.25) is 0 Å². The number of halogens is 4. The highest BCUT2D eigenvalue weighted by atomic mass is 35.5. The number of unbranched alkanes of at least 4 members (excludes halogenated alkanes) is 1. The first kappa shape index (κ1) is 24.4. The van der Waals surface area contributed by atoms with Crippen molar-refractivity contribution >= 4 is 41.2 Å². The van der Waals surface area contributed by atoms with Crippen molar-refractivity contribution in [2.75, 3.05) is 24.2 Å². The van der Waals surface area contributed by atoms with Crippen LogP contribution in [-0.4, -0.2) is 28.4 Å². The number of pyridine rings is 1. The number of ether oxygens (including phenoxy) is 1. The molecular formula is C19H19ClF3N5O2S. The first-order chi connectivity index (χ1) is 14.4. The molecule has 1 amide bonds. The van der Waals surface area contributed by atoms with Gasteiger partial charge >= 0.3 is 0 Å². The molecule has 3 aromatic rings. The Morgan fingerprint density at radius 2 is 1.87 bits per heavy atom. The maximum atomic E-state index is 14.3. The molecule has 0 saturated carbocycles. The van der Waals surface area contributed by atoms with Crippen molar-refractivity contribution in [3.8, 4) is 16.3 Å². The minimum absolute atomic E-state index is 0. The maximum absolute atomic E-state index is 14.3. The summed E-state index contributed by atoms with van der Waals surface area (Å²) in [5, 5.41) is 2.89. The van der Waals surface area contributed by atoms with Crippen LogP contribution in [0.25, 0.3) is 11.3 Å². The normalized spacial score (nSPS) is 10.5. The van der Waals surface area contributed by atoms with Gasteiger partial charge in [0.1, 0.15) is 23.0 Å². The molecule has 7 nitrogen and oxygen atoms in total. The van der Waals surface area contributed by atoms with Gasteiger partial charge in [0.05, 0.1) is 24.1 Å². The topological polar surface area (TPSA) is 116 Å². The fraction of sp³-hybridized carbons (Fsp3) is 0.211. The number of nitrogens with two attached hydrogens (primary N) is 2. The summed E-state index contributed by atoms with van der Waals surface area (Å²) in [5.41, 5.74) is 9.38. The molecule has 31 heavy (non-hydrogen) atoms. The van der Waals surface area contributed by atoms with Gasteiger partial charge in [0.25, 0.3) is 5.91 Å². The summed E-state index contributed by atoms with van der Waals surface area (Å²) < 4.78 is 52.0. The number of anilines is 2. The average Bonchev–Trinajstić information content (AvgIpc) is 3.13. The molecule has 166 valence electrons. The van der Waals surface area contributed by atoms with Crippen LogP contribution >= 0.6 is 23.9 Å². The van der Waals surface area contributed by atoms with Gasteiger partial charge in [-0.05, 0) is 31.5 Å². The Balaban J connectivity index is 0.00000341. The standard InChI is InChI=1S/C19H18F3N5O2S.ClH/c20-10-4-3-5-11(21)15(10)16-12(22)8-13(24)17(27-16)18(28)26-14-9-25-30-19(14)29-7-2-1-6-23;/h3-5,8-9H,1-2,6-7,23-24H2,(H,26,28);1H. The molecule has 0 spiro atoms. The van der Waals surface area contributed by atoms with Gasteiger partial charge < -0.3 is 21.5 Å². The van der Waals surface area contributed by atoms with Crippen molar-refractivity contribution in [3.63, 3.8) is 0 Å². The third-order valence-electron chi connectivity index (χ3n) is 4.04. The second-order valence-corrected chi connectivity index (χ2v) is 6.94. The van der Waals surface area contributed by atoms with E-state index in [0.29, 0.717) is 18.2 Å². The van der Waals surface area contributed by atoms with Crippen molar-refractivity contribution in [1.82, 2.24) is 9.36 Å². The quantitative estimate of drug-likeness (QED) is 0.426. The molecule has 0 unspecified atom stereocenters. The molecule has 0 aliphatic heterocycles. The van der Waals surface area contributed by atoms with Crippen molar-refractivity contribution in [2.24, 2.45) is 5.73 Å². The summed E-state index contributed by atoms with van der Waals surface area (Å²) in [6.45, 7) is 0.923. The number of hydrogen-bond acceptors (Lipinski definition) is 7. The smallest absolute Gasteiger partial charge is 0.276 e. The molecule has 0 bridgehead atoms. The van der Waals surface area contributed by atoms with E-state index >= 15 is 0 Å². The Labute approximate surface area is 186 Å². The monoisotopic (exact) mass is 473 g/mol. The summed E-state index contributed by atoms with van der Waals surface area (Å²) in [4.78, 5) is 16.5. The van der Waals surface area contributed by atoms with E-state index in [-0.39, 0.29) is 23.8 Å². The highest BCUT2D eigenvalue weighted by Crippen LogP contribution is 2.31. The summed E-state index contributed by atoms with van der Waals surface area (Å²) in [6, 6.07) is 3.84. The zero-order chi connectivity index (χ0) is 21.7. The third kappa shape index (κ3) is 5.63. The molecule has 0 aliphatic carbocycles. The SMILES string of the molecule is Cl.NCCCCOc1sncc1NC(=O)c1nc(-c2c(F)cccc2F)c(F)cc1N. The molecular weight excluding hydrogens is 455 g/mol. The molecule has 0 atom stereocenters. The minimum Gasteiger partial charge on any atom is -0.481 e. The molecule has 0 fully saturated rings. The lowest BCUT2D eigenvalue weighted by Gasteiger charge is -2.11. The number of amides is 1. The van der Waals surface area contributed by atoms with Crippen molar-refractivity contribution in [3.05, 3.63) is 53.6 Å². The Kier molecular flexibility index (Phi) is 8.60. The minimum atomic E-state index is -1.06. The summed E-state index contributed by atoms with van der Waals surface area (Å²) >= 11 is 1.03. The number of benzene rings is 1. The lowest BCUT2D eigenvalue weighted by molar-refractivity contribution is 0.102. The predicted molar refractivity (Wildman–Crippen MR) is 115 cm³/mol. The van der Waals surface area contributed by atoms with E-state index in [1.54, 1.807) is 0 Å². The van der Waals surface area contributed by atoms with Crippen molar-refractivity contribution in [1.29, 1.82) is 0 Å². The summed E-state index contributed by atoms with van der Waals surface area (Å²) in [5.74, 6) is -3.91. The Morgan fingerprint density at radius 3 is 2.55 bits per heavy atom. The second-order valence-electron chi connectivity index (χ2n) is 6.18.